The van der Waals surface area contributed by atoms with E-state index in [0.29, 0.717) is 18.8 Å². The number of carbonyl (C=O) groups excluding carboxylic acids is 1. The molecule has 0 bridgehead atoms. The number of fused-ring (bicyclic) bond motifs is 2. The van der Waals surface area contributed by atoms with E-state index in [0.717, 1.165) is 49.7 Å². The van der Waals surface area contributed by atoms with Crippen LogP contribution in [0.1, 0.15) is 34.3 Å². The summed E-state index contributed by atoms with van der Waals surface area (Å²) >= 11 is 0. The number of nitrogens with zero attached hydrogens (tertiary/aromatic N) is 1. The lowest BCUT2D eigenvalue weighted by atomic mass is 9.90. The molecule has 8 nitrogen and oxygen atoms in total. The van der Waals surface area contributed by atoms with Crippen molar-refractivity contribution in [3.63, 3.8) is 0 Å². The maximum atomic E-state index is 12.5. The van der Waals surface area contributed by atoms with Crippen LogP contribution in [0.15, 0.2) is 21.3 Å². The van der Waals surface area contributed by atoms with Gasteiger partial charge in [0.2, 0.25) is 0 Å². The van der Waals surface area contributed by atoms with Gasteiger partial charge >= 0.3 is 11.6 Å². The zero-order valence-corrected chi connectivity index (χ0v) is 17.0. The third-order valence-electron chi connectivity index (χ3n) is 5.50. The van der Waals surface area contributed by atoms with Crippen LogP contribution >= 0.6 is 0 Å². The monoisotopic (exact) mass is 417 g/mol. The second kappa shape index (κ2) is 9.59. The van der Waals surface area contributed by atoms with Crippen molar-refractivity contribution < 1.29 is 28.5 Å². The maximum absolute atomic E-state index is 12.5. The van der Waals surface area contributed by atoms with Crippen LogP contribution in [0.4, 0.5) is 5.69 Å². The first-order valence-corrected chi connectivity index (χ1v) is 10.5. The zero-order chi connectivity index (χ0) is 20.9. The largest absolute Gasteiger partial charge is 0.459 e. The second-order valence-corrected chi connectivity index (χ2v) is 7.51. The molecule has 2 aliphatic heterocycles. The van der Waals surface area contributed by atoms with Gasteiger partial charge in [-0.3, -0.25) is 0 Å². The van der Waals surface area contributed by atoms with E-state index in [-0.39, 0.29) is 32.0 Å². The van der Waals surface area contributed by atoms with Crippen molar-refractivity contribution in [1.29, 1.82) is 0 Å². The molecule has 0 radical (unpaired) electrons. The fraction of sp³-hybridized carbons (Fsp3) is 0.545. The molecule has 0 saturated carbocycles. The van der Waals surface area contributed by atoms with Gasteiger partial charge in [-0.05, 0) is 43.4 Å². The lowest BCUT2D eigenvalue weighted by molar-refractivity contribution is 0.00903. The summed E-state index contributed by atoms with van der Waals surface area (Å²) in [7, 11) is 0. The Hall–Kier alpha value is -2.42. The summed E-state index contributed by atoms with van der Waals surface area (Å²) in [6.07, 6.45) is 4.01. The van der Waals surface area contributed by atoms with Crippen LogP contribution in [-0.4, -0.2) is 63.8 Å². The van der Waals surface area contributed by atoms with Crippen LogP contribution in [-0.2, 0) is 27.1 Å². The second-order valence-electron chi connectivity index (χ2n) is 7.51. The SMILES string of the molecule is O=C(OCCOCCOCCO)c1cc2cc3c4c(c2oc1=O)CCCN4CCC3. The van der Waals surface area contributed by atoms with Crippen molar-refractivity contribution >= 4 is 22.6 Å². The van der Waals surface area contributed by atoms with Gasteiger partial charge in [0.25, 0.3) is 0 Å². The van der Waals surface area contributed by atoms with Gasteiger partial charge in [0.05, 0.1) is 33.0 Å². The highest BCUT2D eigenvalue weighted by Gasteiger charge is 2.27. The average Bonchev–Trinajstić information content (AvgIpc) is 2.76. The summed E-state index contributed by atoms with van der Waals surface area (Å²) in [6.45, 7) is 3.22. The Bertz CT molecular complexity index is 966. The molecule has 30 heavy (non-hydrogen) atoms. The van der Waals surface area contributed by atoms with Crippen LogP contribution in [0.5, 0.6) is 0 Å². The summed E-state index contributed by atoms with van der Waals surface area (Å²) < 4.78 is 21.1. The number of anilines is 1. The topological polar surface area (TPSA) is 98.4 Å². The summed E-state index contributed by atoms with van der Waals surface area (Å²) in [4.78, 5) is 27.3. The first-order chi connectivity index (χ1) is 14.7. The van der Waals surface area contributed by atoms with Crippen LogP contribution in [0.2, 0.25) is 0 Å². The molecule has 1 aromatic heterocycles. The van der Waals surface area contributed by atoms with Gasteiger partial charge in [0.15, 0.2) is 0 Å². The third kappa shape index (κ3) is 4.35. The molecule has 0 unspecified atom stereocenters. The third-order valence-corrected chi connectivity index (χ3v) is 5.50. The molecule has 0 atom stereocenters. The van der Waals surface area contributed by atoms with Crippen LogP contribution in [0.25, 0.3) is 11.0 Å². The van der Waals surface area contributed by atoms with Gasteiger partial charge in [-0.1, -0.05) is 0 Å². The van der Waals surface area contributed by atoms with E-state index in [9.17, 15) is 9.59 Å². The molecule has 2 aliphatic rings. The number of aliphatic hydroxyl groups excluding tert-OH is 1. The molecule has 0 spiro atoms. The summed E-state index contributed by atoms with van der Waals surface area (Å²) in [5.74, 6) is -0.709. The lowest BCUT2D eigenvalue weighted by Gasteiger charge is -2.37. The number of aryl methyl sites for hydroxylation is 2. The van der Waals surface area contributed by atoms with Gasteiger partial charge in [0.1, 0.15) is 17.8 Å². The van der Waals surface area contributed by atoms with Gasteiger partial charge < -0.3 is 28.6 Å². The van der Waals surface area contributed by atoms with E-state index in [1.54, 1.807) is 6.07 Å². The normalized spacial score (nSPS) is 15.3. The van der Waals surface area contributed by atoms with Gasteiger partial charge in [-0.25, -0.2) is 9.59 Å². The number of carbonyl (C=O) groups is 1. The number of ether oxygens (including phenoxy) is 3. The Labute approximate surface area is 174 Å². The minimum absolute atomic E-state index is 0.0285. The predicted molar refractivity (Wildman–Crippen MR) is 110 cm³/mol. The van der Waals surface area contributed by atoms with Crippen LogP contribution < -0.4 is 10.5 Å². The standard InChI is InChI=1S/C22H27NO7/c24-7-8-27-9-10-28-11-12-29-21(25)18-14-16-13-15-3-1-5-23-6-2-4-17(19(15)23)20(16)30-22(18)26/h13-14,24H,1-12H2. The molecule has 4 rings (SSSR count). The molecule has 8 heteroatoms. The molecule has 0 saturated heterocycles. The molecular formula is C22H27NO7. The quantitative estimate of drug-likeness (QED) is 0.374. The van der Waals surface area contributed by atoms with E-state index in [1.807, 2.05) is 6.07 Å². The number of esters is 1. The van der Waals surface area contributed by atoms with Crippen molar-refractivity contribution in [2.45, 2.75) is 25.7 Å². The van der Waals surface area contributed by atoms with E-state index >= 15 is 0 Å². The van der Waals surface area contributed by atoms with Crippen molar-refractivity contribution in [2.75, 3.05) is 57.6 Å². The summed E-state index contributed by atoms with van der Waals surface area (Å²) in [5.41, 5.74) is 3.39. The van der Waals surface area contributed by atoms with E-state index < -0.39 is 11.6 Å². The first kappa shape index (κ1) is 20.8. The number of aliphatic hydroxyl groups is 1. The molecule has 162 valence electrons. The Morgan fingerprint density at radius 3 is 2.57 bits per heavy atom. The summed E-state index contributed by atoms with van der Waals surface area (Å²) in [6, 6.07) is 3.64. The Morgan fingerprint density at radius 1 is 1.03 bits per heavy atom. The minimum Gasteiger partial charge on any atom is -0.459 e. The Balaban J connectivity index is 1.45. The van der Waals surface area contributed by atoms with Crippen LogP contribution in [0.3, 0.4) is 0 Å². The summed E-state index contributed by atoms with van der Waals surface area (Å²) in [5, 5.41) is 9.38. The maximum Gasteiger partial charge on any atom is 0.351 e. The fourth-order valence-electron chi connectivity index (χ4n) is 4.25. The zero-order valence-electron chi connectivity index (χ0n) is 17.0. The smallest absolute Gasteiger partial charge is 0.351 e. The number of rotatable bonds is 9. The minimum atomic E-state index is -0.709. The molecule has 2 aromatic rings. The van der Waals surface area contributed by atoms with Gasteiger partial charge in [-0.15, -0.1) is 0 Å². The first-order valence-electron chi connectivity index (χ1n) is 10.5. The highest BCUT2D eigenvalue weighted by molar-refractivity contribution is 5.95. The molecule has 0 fully saturated rings. The van der Waals surface area contributed by atoms with Crippen molar-refractivity contribution in [3.05, 3.63) is 39.2 Å². The molecule has 1 aromatic carbocycles. The number of hydrogen-bond donors (Lipinski definition) is 1. The molecule has 0 aliphatic carbocycles. The fourth-order valence-corrected chi connectivity index (χ4v) is 4.25. The highest BCUT2D eigenvalue weighted by atomic mass is 16.6. The molecule has 3 heterocycles. The van der Waals surface area contributed by atoms with Gasteiger partial charge in [-0.2, -0.15) is 0 Å². The number of benzene rings is 1. The van der Waals surface area contributed by atoms with Crippen LogP contribution in [0, 0.1) is 0 Å². The molecule has 1 N–H and O–H groups in total. The highest BCUT2D eigenvalue weighted by Crippen LogP contribution is 2.39. The predicted octanol–water partition coefficient (Wildman–Crippen LogP) is 1.67. The van der Waals surface area contributed by atoms with E-state index in [1.165, 1.54) is 11.3 Å². The Morgan fingerprint density at radius 2 is 1.77 bits per heavy atom. The van der Waals surface area contributed by atoms with Crippen molar-refractivity contribution in [2.24, 2.45) is 0 Å². The molecular weight excluding hydrogens is 390 g/mol. The number of hydrogen-bond acceptors (Lipinski definition) is 8. The Kier molecular flexibility index (Phi) is 6.66. The molecule has 0 amide bonds. The van der Waals surface area contributed by atoms with Crippen molar-refractivity contribution in [1.82, 2.24) is 0 Å². The van der Waals surface area contributed by atoms with E-state index in [4.69, 9.17) is 23.7 Å². The lowest BCUT2D eigenvalue weighted by Crippen LogP contribution is -2.34. The van der Waals surface area contributed by atoms with E-state index in [2.05, 4.69) is 4.90 Å². The van der Waals surface area contributed by atoms with Crippen molar-refractivity contribution in [3.8, 4) is 0 Å². The average molecular weight is 417 g/mol. The van der Waals surface area contributed by atoms with Gasteiger partial charge in [0, 0.05) is 29.7 Å².